The summed E-state index contributed by atoms with van der Waals surface area (Å²) in [5.74, 6) is 0. The smallest absolute Gasteiger partial charge is 0.0203 e. The molecule has 10 heavy (non-hydrogen) atoms. The molecule has 54 valence electrons. The Balaban J connectivity index is 4.21. The molecule has 0 atom stereocenters. The first-order valence-electron chi connectivity index (χ1n) is 3.34. The first kappa shape index (κ1) is 9.00. The lowest BCUT2D eigenvalue weighted by atomic mass is 10.2. The molecule has 0 spiro atoms. The minimum atomic E-state index is 1.23. The second kappa shape index (κ2) is 4.84. The Morgan fingerprint density at radius 3 is 2.30 bits per heavy atom. The van der Waals surface area contributed by atoms with E-state index in [0.29, 0.717) is 0 Å². The third-order valence-electron chi connectivity index (χ3n) is 0.980. The summed E-state index contributed by atoms with van der Waals surface area (Å²) in [6, 6.07) is 0. The molecule has 0 saturated carbocycles. The zero-order valence-corrected chi connectivity index (χ0v) is 6.94. The van der Waals surface area contributed by atoms with Crippen molar-refractivity contribution in [1.82, 2.24) is 0 Å². The minimum Gasteiger partial charge on any atom is -0.129 e. The summed E-state index contributed by atoms with van der Waals surface area (Å²) >= 11 is 0. The van der Waals surface area contributed by atoms with Crippen LogP contribution < -0.4 is 0 Å². The predicted molar refractivity (Wildman–Crippen MR) is 46.9 cm³/mol. The fourth-order valence-corrected chi connectivity index (χ4v) is 0.694. The molecule has 0 heterocycles. The van der Waals surface area contributed by atoms with E-state index >= 15 is 0 Å². The first-order valence-corrected chi connectivity index (χ1v) is 3.34. The van der Waals surface area contributed by atoms with Crippen molar-refractivity contribution in [3.63, 3.8) is 0 Å². The van der Waals surface area contributed by atoms with Crippen LogP contribution in [0.2, 0.25) is 0 Å². The van der Waals surface area contributed by atoms with Crippen molar-refractivity contribution < 1.29 is 0 Å². The lowest BCUT2D eigenvalue weighted by Crippen LogP contribution is -1.68. The van der Waals surface area contributed by atoms with Gasteiger partial charge in [-0.15, -0.1) is 5.73 Å². The number of hydrogen-bond acceptors (Lipinski definition) is 0. The molecule has 0 radical (unpaired) electrons. The Hall–Kier alpha value is -1.00. The summed E-state index contributed by atoms with van der Waals surface area (Å²) in [4.78, 5) is 0. The molecule has 0 rings (SSSR count). The summed E-state index contributed by atoms with van der Waals surface area (Å²) in [6.45, 7) is 9.68. The third-order valence-corrected chi connectivity index (χ3v) is 0.980. The quantitative estimate of drug-likeness (QED) is 0.401. The number of allylic oxidation sites excluding steroid dienone is 5. The van der Waals surface area contributed by atoms with Crippen LogP contribution in [0.3, 0.4) is 0 Å². The molecule has 0 aromatic heterocycles. The first-order chi connectivity index (χ1) is 4.66. The SMILES string of the molecule is C=C=CC=C(C)C=C(C)C. The van der Waals surface area contributed by atoms with Gasteiger partial charge in [0.2, 0.25) is 0 Å². The van der Waals surface area contributed by atoms with E-state index in [1.807, 2.05) is 12.2 Å². The molecule has 0 saturated heterocycles. The number of hydrogen-bond donors (Lipinski definition) is 0. The highest BCUT2D eigenvalue weighted by molar-refractivity contribution is 5.23. The van der Waals surface area contributed by atoms with Crippen LogP contribution in [0.4, 0.5) is 0 Å². The van der Waals surface area contributed by atoms with Gasteiger partial charge in [0, 0.05) is 0 Å². The van der Waals surface area contributed by atoms with Crippen LogP contribution in [0.1, 0.15) is 20.8 Å². The van der Waals surface area contributed by atoms with Gasteiger partial charge in [0.15, 0.2) is 0 Å². The molecule has 0 fully saturated rings. The van der Waals surface area contributed by atoms with Gasteiger partial charge in [0.25, 0.3) is 0 Å². The highest BCUT2D eigenvalue weighted by Gasteiger charge is 1.78. The zero-order chi connectivity index (χ0) is 7.98. The molecule has 0 aromatic rings. The van der Waals surface area contributed by atoms with Gasteiger partial charge in [-0.3, -0.25) is 0 Å². The van der Waals surface area contributed by atoms with E-state index in [1.54, 1.807) is 0 Å². The van der Waals surface area contributed by atoms with Crippen molar-refractivity contribution in [3.05, 3.63) is 41.7 Å². The van der Waals surface area contributed by atoms with Crippen LogP contribution in [0.5, 0.6) is 0 Å². The molecular weight excluding hydrogens is 120 g/mol. The van der Waals surface area contributed by atoms with E-state index in [2.05, 4.69) is 39.2 Å². The molecule has 0 heteroatoms. The number of rotatable bonds is 2. The topological polar surface area (TPSA) is 0 Å². The molecule has 0 bridgehead atoms. The second-order valence-corrected chi connectivity index (χ2v) is 2.50. The van der Waals surface area contributed by atoms with E-state index < -0.39 is 0 Å². The molecule has 0 aromatic carbocycles. The minimum absolute atomic E-state index is 1.23. The van der Waals surface area contributed by atoms with Crippen molar-refractivity contribution in [1.29, 1.82) is 0 Å². The second-order valence-electron chi connectivity index (χ2n) is 2.50. The van der Waals surface area contributed by atoms with Crippen LogP contribution in [0, 0.1) is 0 Å². The van der Waals surface area contributed by atoms with Crippen molar-refractivity contribution in [2.45, 2.75) is 20.8 Å². The molecule has 0 N–H and O–H groups in total. The van der Waals surface area contributed by atoms with Gasteiger partial charge in [-0.05, 0) is 26.8 Å². The summed E-state index contributed by atoms with van der Waals surface area (Å²) in [7, 11) is 0. The molecule has 0 aliphatic carbocycles. The maximum Gasteiger partial charge on any atom is -0.0203 e. The highest BCUT2D eigenvalue weighted by Crippen LogP contribution is 1.99. The maximum absolute atomic E-state index is 3.47. The van der Waals surface area contributed by atoms with Gasteiger partial charge < -0.3 is 0 Å². The predicted octanol–water partition coefficient (Wildman–Crippen LogP) is 3.24. The lowest BCUT2D eigenvalue weighted by Gasteiger charge is -1.89. The summed E-state index contributed by atoms with van der Waals surface area (Å²) in [5.41, 5.74) is 5.24. The average Bonchev–Trinajstić information content (AvgIpc) is 1.82. The van der Waals surface area contributed by atoms with Crippen LogP contribution in [0.15, 0.2) is 41.7 Å². The van der Waals surface area contributed by atoms with Crippen molar-refractivity contribution >= 4 is 0 Å². The Kier molecular flexibility index (Phi) is 4.36. The standard InChI is InChI=1S/C10H14/c1-5-6-7-10(4)8-9(2)3/h6-8H,1H2,2-4H3. The summed E-state index contributed by atoms with van der Waals surface area (Å²) in [5, 5.41) is 0. The Bertz CT molecular complexity index is 194. The third kappa shape index (κ3) is 5.14. The van der Waals surface area contributed by atoms with Crippen LogP contribution in [-0.4, -0.2) is 0 Å². The lowest BCUT2D eigenvalue weighted by molar-refractivity contribution is 1.35. The molecule has 0 aliphatic heterocycles. The maximum atomic E-state index is 3.47. The zero-order valence-electron chi connectivity index (χ0n) is 6.94. The monoisotopic (exact) mass is 134 g/mol. The van der Waals surface area contributed by atoms with E-state index in [4.69, 9.17) is 0 Å². The Morgan fingerprint density at radius 2 is 1.90 bits per heavy atom. The fraction of sp³-hybridized carbons (Fsp3) is 0.300. The van der Waals surface area contributed by atoms with Crippen LogP contribution in [0.25, 0.3) is 0 Å². The molecular formula is C10H14. The molecule has 0 amide bonds. The molecule has 0 aliphatic rings. The van der Waals surface area contributed by atoms with Crippen LogP contribution >= 0.6 is 0 Å². The molecule has 0 unspecified atom stereocenters. The van der Waals surface area contributed by atoms with Gasteiger partial charge in [-0.25, -0.2) is 0 Å². The Morgan fingerprint density at radius 1 is 1.30 bits per heavy atom. The normalized spacial score (nSPS) is 10.1. The summed E-state index contributed by atoms with van der Waals surface area (Å²) < 4.78 is 0. The highest BCUT2D eigenvalue weighted by atomic mass is 13.8. The van der Waals surface area contributed by atoms with Crippen molar-refractivity contribution in [2.24, 2.45) is 0 Å². The van der Waals surface area contributed by atoms with Crippen molar-refractivity contribution in [3.8, 4) is 0 Å². The average molecular weight is 134 g/mol. The van der Waals surface area contributed by atoms with Gasteiger partial charge in [0.05, 0.1) is 0 Å². The van der Waals surface area contributed by atoms with Gasteiger partial charge in [-0.1, -0.05) is 29.9 Å². The largest absolute Gasteiger partial charge is 0.129 e. The summed E-state index contributed by atoms with van der Waals surface area (Å²) in [6.07, 6.45) is 5.92. The Labute approximate surface area is 63.3 Å². The van der Waals surface area contributed by atoms with Gasteiger partial charge >= 0.3 is 0 Å². The molecule has 0 nitrogen and oxygen atoms in total. The van der Waals surface area contributed by atoms with E-state index in [0.717, 1.165) is 0 Å². The van der Waals surface area contributed by atoms with Gasteiger partial charge in [-0.2, -0.15) is 0 Å². The van der Waals surface area contributed by atoms with E-state index in [9.17, 15) is 0 Å². The van der Waals surface area contributed by atoms with Crippen LogP contribution in [-0.2, 0) is 0 Å². The fourth-order valence-electron chi connectivity index (χ4n) is 0.694. The van der Waals surface area contributed by atoms with E-state index in [1.165, 1.54) is 11.1 Å². The van der Waals surface area contributed by atoms with Crippen molar-refractivity contribution in [2.75, 3.05) is 0 Å². The van der Waals surface area contributed by atoms with Gasteiger partial charge in [0.1, 0.15) is 0 Å². The van der Waals surface area contributed by atoms with E-state index in [-0.39, 0.29) is 0 Å².